The van der Waals surface area contributed by atoms with Crippen LogP contribution in [0.5, 0.6) is 0 Å². The fourth-order valence-electron chi connectivity index (χ4n) is 1.47. The zero-order valence-corrected chi connectivity index (χ0v) is 11.9. The number of nitrogens with two attached hydrogens (primary N) is 1. The summed E-state index contributed by atoms with van der Waals surface area (Å²) in [6.07, 6.45) is -5.37. The molecule has 120 valence electrons. The van der Waals surface area contributed by atoms with Crippen LogP contribution < -0.4 is 11.1 Å². The number of carbonyl (C=O) groups excluding carboxylic acids is 1. The molecule has 0 saturated carbocycles. The standard InChI is InChI=1S/C12H14F4N2O2.ClH/c1-20-8(6-17)5-11(19)18-10-4-7(12(14,15)16)2-3-9(10)13;/h2-4,8H,5-6,17H2,1H3,(H,18,19);1H. The van der Waals surface area contributed by atoms with Crippen molar-refractivity contribution >= 4 is 24.0 Å². The van der Waals surface area contributed by atoms with Crippen molar-refractivity contribution in [3.05, 3.63) is 29.6 Å². The number of hydrogen-bond acceptors (Lipinski definition) is 3. The van der Waals surface area contributed by atoms with Crippen molar-refractivity contribution in [1.29, 1.82) is 0 Å². The van der Waals surface area contributed by atoms with Crippen LogP contribution in [0.25, 0.3) is 0 Å². The average molecular weight is 331 g/mol. The van der Waals surface area contributed by atoms with Crippen LogP contribution in [0.3, 0.4) is 0 Å². The molecule has 21 heavy (non-hydrogen) atoms. The number of rotatable bonds is 5. The maximum atomic E-state index is 13.4. The molecule has 1 atom stereocenters. The first-order chi connectivity index (χ1) is 9.27. The third-order valence-corrected chi connectivity index (χ3v) is 2.58. The summed E-state index contributed by atoms with van der Waals surface area (Å²) in [5.41, 5.74) is 3.73. The summed E-state index contributed by atoms with van der Waals surface area (Å²) >= 11 is 0. The van der Waals surface area contributed by atoms with E-state index < -0.39 is 35.3 Å². The molecular formula is C12H15ClF4N2O2. The Morgan fingerprint density at radius 1 is 1.43 bits per heavy atom. The van der Waals surface area contributed by atoms with Gasteiger partial charge < -0.3 is 15.8 Å². The van der Waals surface area contributed by atoms with Crippen LogP contribution in [0.4, 0.5) is 23.2 Å². The maximum Gasteiger partial charge on any atom is 0.416 e. The van der Waals surface area contributed by atoms with Gasteiger partial charge in [-0.1, -0.05) is 0 Å². The first-order valence-electron chi connectivity index (χ1n) is 5.67. The Morgan fingerprint density at radius 3 is 2.52 bits per heavy atom. The fourth-order valence-corrected chi connectivity index (χ4v) is 1.47. The summed E-state index contributed by atoms with van der Waals surface area (Å²) in [5.74, 6) is -1.63. The number of nitrogens with one attached hydrogen (secondary N) is 1. The zero-order valence-electron chi connectivity index (χ0n) is 11.0. The van der Waals surface area contributed by atoms with E-state index in [0.717, 1.165) is 0 Å². The molecule has 9 heteroatoms. The second-order valence-electron chi connectivity index (χ2n) is 4.04. The smallest absolute Gasteiger partial charge is 0.380 e. The van der Waals surface area contributed by atoms with E-state index in [-0.39, 0.29) is 25.4 Å². The molecule has 0 aliphatic carbocycles. The van der Waals surface area contributed by atoms with Gasteiger partial charge in [-0.05, 0) is 18.2 Å². The van der Waals surface area contributed by atoms with Gasteiger partial charge in [0.25, 0.3) is 0 Å². The van der Waals surface area contributed by atoms with Crippen molar-refractivity contribution < 1.29 is 27.1 Å². The molecule has 0 aliphatic rings. The van der Waals surface area contributed by atoms with Gasteiger partial charge in [0.15, 0.2) is 0 Å². The summed E-state index contributed by atoms with van der Waals surface area (Å²) in [6.45, 7) is 0.0645. The molecule has 1 rings (SSSR count). The molecule has 1 aromatic rings. The van der Waals surface area contributed by atoms with Gasteiger partial charge >= 0.3 is 6.18 Å². The van der Waals surface area contributed by atoms with Crippen LogP contribution in [-0.2, 0) is 15.7 Å². The molecular weight excluding hydrogens is 316 g/mol. The Labute approximate surface area is 125 Å². The van der Waals surface area contributed by atoms with E-state index >= 15 is 0 Å². The maximum absolute atomic E-state index is 13.4. The van der Waals surface area contributed by atoms with Crippen LogP contribution in [0, 0.1) is 5.82 Å². The van der Waals surface area contributed by atoms with Crippen molar-refractivity contribution in [1.82, 2.24) is 0 Å². The number of methoxy groups -OCH3 is 1. The molecule has 1 aromatic carbocycles. The van der Waals surface area contributed by atoms with Crippen molar-refractivity contribution in [2.45, 2.75) is 18.7 Å². The zero-order chi connectivity index (χ0) is 15.3. The van der Waals surface area contributed by atoms with E-state index in [1.54, 1.807) is 0 Å². The second kappa shape index (κ2) is 8.16. The molecule has 0 aromatic heterocycles. The van der Waals surface area contributed by atoms with Crippen LogP contribution in [-0.4, -0.2) is 25.7 Å². The largest absolute Gasteiger partial charge is 0.416 e. The lowest BCUT2D eigenvalue weighted by Crippen LogP contribution is -2.28. The third kappa shape index (κ3) is 5.86. The minimum atomic E-state index is -4.61. The number of anilines is 1. The van der Waals surface area contributed by atoms with Gasteiger partial charge in [0.2, 0.25) is 5.91 Å². The molecule has 4 nitrogen and oxygen atoms in total. The predicted octanol–water partition coefficient (Wildman–Crippen LogP) is 2.57. The van der Waals surface area contributed by atoms with Gasteiger partial charge in [-0.25, -0.2) is 4.39 Å². The van der Waals surface area contributed by atoms with Crippen molar-refractivity contribution in [2.75, 3.05) is 19.0 Å². The topological polar surface area (TPSA) is 64.3 Å². The average Bonchev–Trinajstić information content (AvgIpc) is 2.37. The van der Waals surface area contributed by atoms with E-state index in [1.807, 2.05) is 0 Å². The minimum absolute atomic E-state index is 0. The highest BCUT2D eigenvalue weighted by Crippen LogP contribution is 2.31. The van der Waals surface area contributed by atoms with Gasteiger partial charge in [-0.3, -0.25) is 4.79 Å². The second-order valence-corrected chi connectivity index (χ2v) is 4.04. The highest BCUT2D eigenvalue weighted by molar-refractivity contribution is 5.91. The van der Waals surface area contributed by atoms with Gasteiger partial charge in [-0.15, -0.1) is 12.4 Å². The Balaban J connectivity index is 0.00000400. The third-order valence-electron chi connectivity index (χ3n) is 2.58. The minimum Gasteiger partial charge on any atom is -0.380 e. The number of ether oxygens (including phenoxy) is 1. The molecule has 0 heterocycles. The fraction of sp³-hybridized carbons (Fsp3) is 0.417. The summed E-state index contributed by atoms with van der Waals surface area (Å²) in [7, 11) is 1.34. The summed E-state index contributed by atoms with van der Waals surface area (Å²) in [5, 5.41) is 2.07. The summed E-state index contributed by atoms with van der Waals surface area (Å²) in [4.78, 5) is 11.6. The molecule has 0 radical (unpaired) electrons. The van der Waals surface area contributed by atoms with Gasteiger partial charge in [0.05, 0.1) is 23.8 Å². The Morgan fingerprint density at radius 2 is 2.05 bits per heavy atom. The van der Waals surface area contributed by atoms with E-state index in [2.05, 4.69) is 5.32 Å². The van der Waals surface area contributed by atoms with Crippen LogP contribution in [0.2, 0.25) is 0 Å². The van der Waals surface area contributed by atoms with Crippen LogP contribution >= 0.6 is 12.4 Å². The number of amides is 1. The normalized spacial score (nSPS) is 12.5. The lowest BCUT2D eigenvalue weighted by Gasteiger charge is -2.14. The number of halogens is 5. The van der Waals surface area contributed by atoms with E-state index in [0.29, 0.717) is 18.2 Å². The molecule has 0 fully saturated rings. The van der Waals surface area contributed by atoms with Gasteiger partial charge in [-0.2, -0.15) is 13.2 Å². The number of benzene rings is 1. The molecule has 3 N–H and O–H groups in total. The van der Waals surface area contributed by atoms with Crippen molar-refractivity contribution in [2.24, 2.45) is 5.73 Å². The van der Waals surface area contributed by atoms with Crippen molar-refractivity contribution in [3.63, 3.8) is 0 Å². The van der Waals surface area contributed by atoms with Crippen LogP contribution in [0.15, 0.2) is 18.2 Å². The summed E-state index contributed by atoms with van der Waals surface area (Å²) in [6, 6.07) is 1.79. The first-order valence-corrected chi connectivity index (χ1v) is 5.67. The highest BCUT2D eigenvalue weighted by Gasteiger charge is 2.31. The number of alkyl halides is 3. The van der Waals surface area contributed by atoms with Crippen molar-refractivity contribution in [3.8, 4) is 0 Å². The molecule has 0 saturated heterocycles. The predicted molar refractivity (Wildman–Crippen MR) is 71.7 cm³/mol. The molecule has 0 aliphatic heterocycles. The van der Waals surface area contributed by atoms with Gasteiger partial charge in [0, 0.05) is 13.7 Å². The highest BCUT2D eigenvalue weighted by atomic mass is 35.5. The first kappa shape index (κ1) is 19.6. The number of carbonyl (C=O) groups is 1. The summed E-state index contributed by atoms with van der Waals surface area (Å²) < 4.78 is 55.7. The number of hydrogen-bond donors (Lipinski definition) is 2. The quantitative estimate of drug-likeness (QED) is 0.816. The van der Waals surface area contributed by atoms with E-state index in [1.165, 1.54) is 7.11 Å². The Bertz CT molecular complexity index is 479. The Hall–Kier alpha value is -1.38. The molecule has 0 bridgehead atoms. The molecule has 1 amide bonds. The molecule has 0 spiro atoms. The molecule has 1 unspecified atom stereocenters. The lowest BCUT2D eigenvalue weighted by molar-refractivity contribution is -0.137. The Kier molecular flexibility index (Phi) is 7.62. The van der Waals surface area contributed by atoms with E-state index in [4.69, 9.17) is 10.5 Å². The monoisotopic (exact) mass is 330 g/mol. The van der Waals surface area contributed by atoms with Gasteiger partial charge in [0.1, 0.15) is 5.82 Å². The van der Waals surface area contributed by atoms with Crippen LogP contribution in [0.1, 0.15) is 12.0 Å². The SMILES string of the molecule is COC(CN)CC(=O)Nc1cc(C(F)(F)F)ccc1F.Cl. The van der Waals surface area contributed by atoms with E-state index in [9.17, 15) is 22.4 Å². The lowest BCUT2D eigenvalue weighted by atomic mass is 10.1.